The Labute approximate surface area is 64.1 Å². The van der Waals surface area contributed by atoms with Gasteiger partial charge in [-0.3, -0.25) is 10.1 Å². The van der Waals surface area contributed by atoms with Crippen LogP contribution >= 0.6 is 0 Å². The summed E-state index contributed by atoms with van der Waals surface area (Å²) in [4.78, 5) is 25.8. The predicted molar refractivity (Wildman–Crippen MR) is 31.7 cm³/mol. The van der Waals surface area contributed by atoms with E-state index in [1.807, 2.05) is 0 Å². The Hall–Kier alpha value is -2.19. The van der Waals surface area contributed by atoms with Gasteiger partial charge >= 0.3 is 11.5 Å². The number of hydrogen-bond acceptors (Lipinski definition) is 7. The van der Waals surface area contributed by atoms with Crippen molar-refractivity contribution in [2.24, 2.45) is 5.16 Å². The van der Waals surface area contributed by atoms with E-state index in [0.717, 1.165) is 0 Å². The fourth-order valence-corrected chi connectivity index (χ4v) is 0.475. The van der Waals surface area contributed by atoms with Crippen molar-refractivity contribution in [3.05, 3.63) is 32.2 Å². The van der Waals surface area contributed by atoms with E-state index >= 15 is 0 Å². The zero-order valence-corrected chi connectivity index (χ0v) is 5.37. The highest BCUT2D eigenvalue weighted by Gasteiger charge is 2.36. The summed E-state index contributed by atoms with van der Waals surface area (Å²) in [5.74, 6) is -0.994. The van der Waals surface area contributed by atoms with E-state index in [9.17, 15) is 20.2 Å². The highest BCUT2D eigenvalue weighted by atomic mass is 17.3. The summed E-state index contributed by atoms with van der Waals surface area (Å²) < 4.78 is 0. The maximum Gasteiger partial charge on any atom is 0.495 e. The molecule has 0 fully saturated rings. The van der Waals surface area contributed by atoms with Crippen molar-refractivity contribution in [2.45, 2.75) is 0 Å². The van der Waals surface area contributed by atoms with Gasteiger partial charge < -0.3 is 10.1 Å². The first-order valence-corrected chi connectivity index (χ1v) is 2.52. The Balaban J connectivity index is 2.98. The first-order chi connectivity index (χ1) is 5.63. The molecule has 0 aromatic carbocycles. The summed E-state index contributed by atoms with van der Waals surface area (Å²) >= 11 is 0. The topological polar surface area (TPSA) is 117 Å². The molecular formula is C3HN3O6. The largest absolute Gasteiger partial charge is 0.495 e. The van der Waals surface area contributed by atoms with Gasteiger partial charge in [0.1, 0.15) is 0 Å². The van der Waals surface area contributed by atoms with Gasteiger partial charge in [0.2, 0.25) is 11.4 Å². The summed E-state index contributed by atoms with van der Waals surface area (Å²) in [6.07, 6.45) is 0.491. The Morgan fingerprint density at radius 1 is 1.33 bits per heavy atom. The molecule has 1 aliphatic heterocycles. The summed E-state index contributed by atoms with van der Waals surface area (Å²) in [6, 6.07) is 0. The second kappa shape index (κ2) is 2.82. The van der Waals surface area contributed by atoms with Gasteiger partial charge in [-0.05, 0) is 4.92 Å². The molecule has 0 spiro atoms. The summed E-state index contributed by atoms with van der Waals surface area (Å²) in [5, 5.41) is 22.9. The van der Waals surface area contributed by atoms with Crippen molar-refractivity contribution in [3.8, 4) is 0 Å². The van der Waals surface area contributed by atoms with Gasteiger partial charge in [-0.1, -0.05) is 4.99 Å². The third kappa shape index (κ3) is 1.28. The highest BCUT2D eigenvalue weighted by Crippen LogP contribution is 2.07. The van der Waals surface area contributed by atoms with Crippen molar-refractivity contribution >= 4 is 5.84 Å². The quantitative estimate of drug-likeness (QED) is 0.305. The van der Waals surface area contributed by atoms with Crippen molar-refractivity contribution in [1.29, 1.82) is 0 Å². The Morgan fingerprint density at radius 3 is 2.42 bits per heavy atom. The van der Waals surface area contributed by atoms with Crippen LogP contribution in [0, 0.1) is 20.2 Å². The van der Waals surface area contributed by atoms with E-state index in [2.05, 4.69) is 15.0 Å². The third-order valence-electron chi connectivity index (χ3n) is 0.925. The first kappa shape index (κ1) is 7.91. The molecule has 0 saturated carbocycles. The van der Waals surface area contributed by atoms with Crippen LogP contribution < -0.4 is 0 Å². The van der Waals surface area contributed by atoms with Crippen LogP contribution in [0.2, 0.25) is 0 Å². The fraction of sp³-hybridized carbons (Fsp3) is 0. The van der Waals surface area contributed by atoms with E-state index < -0.39 is 21.4 Å². The lowest BCUT2D eigenvalue weighted by Crippen LogP contribution is -2.23. The SMILES string of the molecule is O=[N+]([O-])C1=COON=C1[N+](=O)[O-]. The molecule has 1 heterocycles. The average Bonchev–Trinajstić information content (AvgIpc) is 2.04. The molecule has 9 nitrogen and oxygen atoms in total. The molecular weight excluding hydrogens is 174 g/mol. The summed E-state index contributed by atoms with van der Waals surface area (Å²) in [7, 11) is 0. The van der Waals surface area contributed by atoms with Crippen LogP contribution in [0.4, 0.5) is 0 Å². The van der Waals surface area contributed by atoms with Gasteiger partial charge in [-0.25, -0.2) is 4.89 Å². The van der Waals surface area contributed by atoms with Crippen LogP contribution in [0.1, 0.15) is 0 Å². The van der Waals surface area contributed by atoms with E-state index in [0.29, 0.717) is 6.26 Å². The maximum atomic E-state index is 10.1. The average molecular weight is 175 g/mol. The molecule has 0 saturated heterocycles. The smallest absolute Gasteiger partial charge is 0.358 e. The van der Waals surface area contributed by atoms with Crippen LogP contribution in [-0.2, 0) is 9.88 Å². The lowest BCUT2D eigenvalue weighted by atomic mass is 10.4. The van der Waals surface area contributed by atoms with Gasteiger partial charge in [-0.15, -0.1) is 0 Å². The lowest BCUT2D eigenvalue weighted by Gasteiger charge is -1.97. The molecule has 0 bridgehead atoms. The number of oxime groups is 1. The molecule has 64 valence electrons. The molecule has 1 aliphatic rings. The van der Waals surface area contributed by atoms with Gasteiger partial charge in [0, 0.05) is 0 Å². The van der Waals surface area contributed by atoms with E-state index in [1.165, 1.54) is 0 Å². The number of amidine groups is 1. The minimum atomic E-state index is -1.04. The van der Waals surface area contributed by atoms with Gasteiger partial charge in [-0.2, -0.15) is 0 Å². The first-order valence-electron chi connectivity index (χ1n) is 2.52. The van der Waals surface area contributed by atoms with E-state index in [4.69, 9.17) is 0 Å². The van der Waals surface area contributed by atoms with Crippen LogP contribution in [0.5, 0.6) is 0 Å². The summed E-state index contributed by atoms with van der Waals surface area (Å²) in [5.41, 5.74) is -0.855. The lowest BCUT2D eigenvalue weighted by molar-refractivity contribution is -0.448. The Bertz CT molecular complexity index is 262. The van der Waals surface area contributed by atoms with Crippen molar-refractivity contribution < 1.29 is 19.7 Å². The molecule has 0 aromatic heterocycles. The predicted octanol–water partition coefficient (Wildman–Crippen LogP) is -0.344. The molecule has 9 heteroatoms. The molecule has 0 amide bonds. The summed E-state index contributed by atoms with van der Waals surface area (Å²) in [6.45, 7) is 0. The van der Waals surface area contributed by atoms with Gasteiger partial charge in [0.05, 0.1) is 4.92 Å². The fourth-order valence-electron chi connectivity index (χ4n) is 0.475. The number of nitrogens with zero attached hydrogens (tertiary/aromatic N) is 3. The van der Waals surface area contributed by atoms with Crippen molar-refractivity contribution in [2.75, 3.05) is 0 Å². The molecule has 1 rings (SSSR count). The zero-order valence-electron chi connectivity index (χ0n) is 5.37. The number of hydrogen-bond donors (Lipinski definition) is 0. The zero-order chi connectivity index (χ0) is 9.14. The molecule has 0 atom stereocenters. The van der Waals surface area contributed by atoms with Crippen LogP contribution in [0.3, 0.4) is 0 Å². The second-order valence-corrected chi connectivity index (χ2v) is 1.60. The third-order valence-corrected chi connectivity index (χ3v) is 0.925. The number of nitro groups is 2. The van der Waals surface area contributed by atoms with Crippen LogP contribution in [-0.4, -0.2) is 15.7 Å². The van der Waals surface area contributed by atoms with Crippen LogP contribution in [0.15, 0.2) is 17.1 Å². The highest BCUT2D eigenvalue weighted by molar-refractivity contribution is 5.88. The molecule has 0 N–H and O–H groups in total. The minimum absolute atomic E-state index is 0.491. The van der Waals surface area contributed by atoms with Crippen molar-refractivity contribution in [1.82, 2.24) is 0 Å². The van der Waals surface area contributed by atoms with E-state index in [-0.39, 0.29) is 0 Å². The molecule has 0 aromatic rings. The van der Waals surface area contributed by atoms with Gasteiger partial charge in [0.25, 0.3) is 0 Å². The van der Waals surface area contributed by atoms with Crippen LogP contribution in [0.25, 0.3) is 0 Å². The molecule has 0 aliphatic carbocycles. The van der Waals surface area contributed by atoms with E-state index in [1.54, 1.807) is 0 Å². The second-order valence-electron chi connectivity index (χ2n) is 1.60. The normalized spacial score (nSPS) is 15.0. The number of rotatable bonds is 1. The Kier molecular flexibility index (Phi) is 1.86. The monoisotopic (exact) mass is 175 g/mol. The molecule has 0 unspecified atom stereocenters. The minimum Gasteiger partial charge on any atom is -0.358 e. The Morgan fingerprint density at radius 2 is 2.00 bits per heavy atom. The van der Waals surface area contributed by atoms with Crippen molar-refractivity contribution in [3.63, 3.8) is 0 Å². The standard InChI is InChI=1S/C3HN3O6/c7-5(8)2-1-11-12-4-3(2)6(9)10/h1H. The molecule has 12 heavy (non-hydrogen) atoms. The maximum absolute atomic E-state index is 10.1. The molecule has 0 radical (unpaired) electrons. The van der Waals surface area contributed by atoms with Gasteiger partial charge in [0.15, 0.2) is 0 Å².